The first kappa shape index (κ1) is 14.5. The van der Waals surface area contributed by atoms with E-state index in [9.17, 15) is 9.59 Å². The fourth-order valence-corrected chi connectivity index (χ4v) is 2.24. The first-order valence-electron chi connectivity index (χ1n) is 6.72. The van der Waals surface area contributed by atoms with Gasteiger partial charge in [-0.1, -0.05) is 0 Å². The summed E-state index contributed by atoms with van der Waals surface area (Å²) in [6, 6.07) is 3.78. The van der Waals surface area contributed by atoms with E-state index in [4.69, 9.17) is 0 Å². The Morgan fingerprint density at radius 2 is 2.35 bits per heavy atom. The molecule has 2 rings (SSSR count). The van der Waals surface area contributed by atoms with E-state index < -0.39 is 0 Å². The van der Waals surface area contributed by atoms with Crippen LogP contribution in [0.1, 0.15) is 18.4 Å². The summed E-state index contributed by atoms with van der Waals surface area (Å²) >= 11 is 0. The van der Waals surface area contributed by atoms with Crippen LogP contribution >= 0.6 is 0 Å². The second kappa shape index (κ2) is 6.47. The summed E-state index contributed by atoms with van der Waals surface area (Å²) in [6.45, 7) is 1.35. The van der Waals surface area contributed by atoms with Crippen molar-refractivity contribution in [1.29, 1.82) is 0 Å². The van der Waals surface area contributed by atoms with Gasteiger partial charge in [0.05, 0.1) is 0 Å². The molecule has 1 aliphatic heterocycles. The Kier molecular flexibility index (Phi) is 4.68. The van der Waals surface area contributed by atoms with Crippen LogP contribution in [0.3, 0.4) is 0 Å². The Labute approximate surface area is 118 Å². The molecule has 1 aromatic rings. The van der Waals surface area contributed by atoms with Crippen molar-refractivity contribution in [1.82, 2.24) is 15.2 Å². The summed E-state index contributed by atoms with van der Waals surface area (Å²) in [5.41, 5.74) is 1.08. The highest BCUT2D eigenvalue weighted by molar-refractivity contribution is 5.95. The summed E-state index contributed by atoms with van der Waals surface area (Å²) in [6.07, 6.45) is 2.61. The predicted molar refractivity (Wildman–Crippen MR) is 76.0 cm³/mol. The van der Waals surface area contributed by atoms with Gasteiger partial charge in [-0.05, 0) is 38.2 Å². The number of amides is 2. The van der Waals surface area contributed by atoms with E-state index in [0.717, 1.165) is 12.1 Å². The second-order valence-electron chi connectivity index (χ2n) is 5.32. The van der Waals surface area contributed by atoms with Crippen molar-refractivity contribution in [2.75, 3.05) is 26.0 Å². The molecule has 2 amide bonds. The average Bonchev–Trinajstić information content (AvgIpc) is 2.38. The van der Waals surface area contributed by atoms with Crippen molar-refractivity contribution in [2.45, 2.75) is 19.4 Å². The van der Waals surface area contributed by atoms with Crippen molar-refractivity contribution in [3.05, 3.63) is 23.9 Å². The highest BCUT2D eigenvalue weighted by Gasteiger charge is 2.25. The first-order valence-corrected chi connectivity index (χ1v) is 6.72. The van der Waals surface area contributed by atoms with Crippen molar-refractivity contribution in [3.63, 3.8) is 0 Å². The molecule has 6 heteroatoms. The quantitative estimate of drug-likeness (QED) is 0.845. The van der Waals surface area contributed by atoms with Gasteiger partial charge in [-0.15, -0.1) is 0 Å². The third kappa shape index (κ3) is 4.03. The third-order valence-electron chi connectivity index (χ3n) is 3.19. The summed E-state index contributed by atoms with van der Waals surface area (Å²) in [5.74, 6) is 0.0865. The molecule has 1 unspecified atom stereocenters. The first-order chi connectivity index (χ1) is 9.54. The molecule has 0 saturated carbocycles. The zero-order valence-corrected chi connectivity index (χ0v) is 11.8. The summed E-state index contributed by atoms with van der Waals surface area (Å²) < 4.78 is 0. The molecule has 1 saturated heterocycles. The van der Waals surface area contributed by atoms with Crippen LogP contribution in [0.15, 0.2) is 18.3 Å². The molecule has 0 radical (unpaired) electrons. The van der Waals surface area contributed by atoms with Gasteiger partial charge >= 0.3 is 0 Å². The highest BCUT2D eigenvalue weighted by atomic mass is 16.2. The predicted octanol–water partition coefficient (Wildman–Crippen LogP) is 0.608. The third-order valence-corrected chi connectivity index (χ3v) is 3.19. The number of carbonyl (C=O) groups is 2. The van der Waals surface area contributed by atoms with Gasteiger partial charge in [-0.2, -0.15) is 0 Å². The maximum atomic E-state index is 12.1. The second-order valence-corrected chi connectivity index (χ2v) is 5.32. The number of piperidine rings is 1. The van der Waals surface area contributed by atoms with E-state index in [1.165, 1.54) is 0 Å². The van der Waals surface area contributed by atoms with E-state index in [1.807, 2.05) is 31.1 Å². The Bertz CT molecular complexity index is 502. The molecule has 0 aromatic carbocycles. The Balaban J connectivity index is 1.98. The van der Waals surface area contributed by atoms with Crippen LogP contribution in [-0.4, -0.2) is 42.3 Å². The normalized spacial score (nSPS) is 18.8. The van der Waals surface area contributed by atoms with Crippen LogP contribution in [0.4, 0.5) is 5.82 Å². The topological polar surface area (TPSA) is 74.3 Å². The molecule has 0 spiro atoms. The molecule has 0 bridgehead atoms. The van der Waals surface area contributed by atoms with E-state index in [1.54, 1.807) is 6.20 Å². The number of nitrogens with one attached hydrogen (secondary N) is 2. The SMILES string of the molecule is CN(C)Cc1ccnc(NC(=O)C2CCNC(=O)C2)c1. The monoisotopic (exact) mass is 276 g/mol. The van der Waals surface area contributed by atoms with Gasteiger partial charge in [0.1, 0.15) is 5.82 Å². The minimum absolute atomic E-state index is 0.0642. The molecule has 1 fully saturated rings. The fraction of sp³-hybridized carbons (Fsp3) is 0.500. The lowest BCUT2D eigenvalue weighted by Crippen LogP contribution is -2.38. The zero-order chi connectivity index (χ0) is 14.5. The van der Waals surface area contributed by atoms with Gasteiger partial charge in [-0.25, -0.2) is 4.98 Å². The van der Waals surface area contributed by atoms with Crippen molar-refractivity contribution >= 4 is 17.6 Å². The molecule has 20 heavy (non-hydrogen) atoms. The van der Waals surface area contributed by atoms with Crippen LogP contribution in [0.5, 0.6) is 0 Å². The molecule has 1 aromatic heterocycles. The molecular formula is C14H20N4O2. The number of nitrogens with zero attached hydrogens (tertiary/aromatic N) is 2. The van der Waals surface area contributed by atoms with Gasteiger partial charge in [0.15, 0.2) is 0 Å². The molecule has 6 nitrogen and oxygen atoms in total. The number of anilines is 1. The minimum Gasteiger partial charge on any atom is -0.356 e. The summed E-state index contributed by atoms with van der Waals surface area (Å²) in [5, 5.41) is 5.52. The molecule has 2 N–H and O–H groups in total. The number of rotatable bonds is 4. The van der Waals surface area contributed by atoms with Crippen molar-refractivity contribution in [2.24, 2.45) is 5.92 Å². The maximum Gasteiger partial charge on any atom is 0.229 e. The van der Waals surface area contributed by atoms with Crippen molar-refractivity contribution in [3.8, 4) is 0 Å². The summed E-state index contributed by atoms with van der Waals surface area (Å²) in [4.78, 5) is 29.6. The number of hydrogen-bond donors (Lipinski definition) is 2. The minimum atomic E-state index is -0.261. The van der Waals surface area contributed by atoms with Gasteiger partial charge in [0.25, 0.3) is 0 Å². The van der Waals surface area contributed by atoms with E-state index in [2.05, 4.69) is 15.6 Å². The van der Waals surface area contributed by atoms with Gasteiger partial charge in [-0.3, -0.25) is 9.59 Å². The van der Waals surface area contributed by atoms with Crippen LogP contribution in [0.25, 0.3) is 0 Å². The van der Waals surface area contributed by atoms with E-state index in [-0.39, 0.29) is 24.2 Å². The largest absolute Gasteiger partial charge is 0.356 e. The molecule has 1 aliphatic rings. The van der Waals surface area contributed by atoms with E-state index >= 15 is 0 Å². The van der Waals surface area contributed by atoms with E-state index in [0.29, 0.717) is 18.8 Å². The molecular weight excluding hydrogens is 256 g/mol. The lowest BCUT2D eigenvalue weighted by molar-refractivity contribution is -0.129. The fourth-order valence-electron chi connectivity index (χ4n) is 2.24. The number of aromatic nitrogens is 1. The Hall–Kier alpha value is -1.95. The van der Waals surface area contributed by atoms with Crippen LogP contribution < -0.4 is 10.6 Å². The smallest absolute Gasteiger partial charge is 0.229 e. The number of carbonyl (C=O) groups excluding carboxylic acids is 2. The zero-order valence-electron chi connectivity index (χ0n) is 11.8. The lowest BCUT2D eigenvalue weighted by atomic mass is 9.97. The van der Waals surface area contributed by atoms with Crippen molar-refractivity contribution < 1.29 is 9.59 Å². The molecule has 0 aliphatic carbocycles. The number of hydrogen-bond acceptors (Lipinski definition) is 4. The van der Waals surface area contributed by atoms with Gasteiger partial charge in [0, 0.05) is 31.6 Å². The number of pyridine rings is 1. The highest BCUT2D eigenvalue weighted by Crippen LogP contribution is 2.16. The summed E-state index contributed by atoms with van der Waals surface area (Å²) in [7, 11) is 3.97. The van der Waals surface area contributed by atoms with Gasteiger partial charge in [0.2, 0.25) is 11.8 Å². The maximum absolute atomic E-state index is 12.1. The molecule has 1 atom stereocenters. The van der Waals surface area contributed by atoms with Crippen LogP contribution in [0, 0.1) is 5.92 Å². The molecule has 2 heterocycles. The average molecular weight is 276 g/mol. The Morgan fingerprint density at radius 3 is 3.05 bits per heavy atom. The standard InChI is InChI=1S/C14H20N4O2/c1-18(2)9-10-3-5-15-12(7-10)17-14(20)11-4-6-16-13(19)8-11/h3,5,7,11H,4,6,8-9H2,1-2H3,(H,16,19)(H,15,17,20). The lowest BCUT2D eigenvalue weighted by Gasteiger charge is -2.21. The van der Waals surface area contributed by atoms with Crippen LogP contribution in [0.2, 0.25) is 0 Å². The van der Waals surface area contributed by atoms with Crippen LogP contribution in [-0.2, 0) is 16.1 Å². The van der Waals surface area contributed by atoms with Gasteiger partial charge < -0.3 is 15.5 Å². The Morgan fingerprint density at radius 1 is 1.55 bits per heavy atom. The molecule has 108 valence electrons.